The Hall–Kier alpha value is -1.98. The zero-order chi connectivity index (χ0) is 11.9. The Labute approximate surface area is 100 Å². The molecule has 17 heavy (non-hydrogen) atoms. The van der Waals surface area contributed by atoms with E-state index in [4.69, 9.17) is 0 Å². The van der Waals surface area contributed by atoms with Crippen molar-refractivity contribution in [2.45, 2.75) is 32.9 Å². The first kappa shape index (κ1) is 11.5. The molecule has 1 N–H and O–H groups in total. The van der Waals surface area contributed by atoms with Gasteiger partial charge in [0.15, 0.2) is 0 Å². The molecular weight excluding hydrogens is 216 g/mol. The Morgan fingerprint density at radius 2 is 2.29 bits per heavy atom. The molecular formula is C11H16N6. The summed E-state index contributed by atoms with van der Waals surface area (Å²) in [5, 5.41) is 14.7. The van der Waals surface area contributed by atoms with Gasteiger partial charge in [-0.2, -0.15) is 0 Å². The Morgan fingerprint density at radius 3 is 3.06 bits per heavy atom. The topological polar surface area (TPSA) is 68.5 Å². The Morgan fingerprint density at radius 1 is 1.35 bits per heavy atom. The molecule has 2 heterocycles. The minimum atomic E-state index is 0.632. The second kappa shape index (κ2) is 5.93. The highest BCUT2D eigenvalue weighted by atomic mass is 15.6. The van der Waals surface area contributed by atoms with Gasteiger partial charge in [-0.3, -0.25) is 4.98 Å². The van der Waals surface area contributed by atoms with Crippen LogP contribution in [0.2, 0.25) is 0 Å². The summed E-state index contributed by atoms with van der Waals surface area (Å²) in [6, 6.07) is 5.83. The molecule has 0 saturated heterocycles. The van der Waals surface area contributed by atoms with Crippen molar-refractivity contribution in [3.63, 3.8) is 0 Å². The third-order valence-corrected chi connectivity index (χ3v) is 2.41. The van der Waals surface area contributed by atoms with Gasteiger partial charge in [0, 0.05) is 12.7 Å². The highest BCUT2D eigenvalue weighted by Crippen LogP contribution is 2.04. The fourth-order valence-corrected chi connectivity index (χ4v) is 1.46. The summed E-state index contributed by atoms with van der Waals surface area (Å²) in [5.74, 6) is 0.698. The third kappa shape index (κ3) is 3.24. The summed E-state index contributed by atoms with van der Waals surface area (Å²) in [6.45, 7) is 3.62. The summed E-state index contributed by atoms with van der Waals surface area (Å²) >= 11 is 0. The van der Waals surface area contributed by atoms with Gasteiger partial charge in [0.2, 0.25) is 5.95 Å². The lowest BCUT2D eigenvalue weighted by atomic mass is 10.3. The van der Waals surface area contributed by atoms with Crippen molar-refractivity contribution >= 4 is 5.95 Å². The lowest BCUT2D eigenvalue weighted by Gasteiger charge is -2.05. The Kier molecular flexibility index (Phi) is 4.01. The molecule has 6 nitrogen and oxygen atoms in total. The van der Waals surface area contributed by atoms with Gasteiger partial charge in [-0.15, -0.1) is 0 Å². The second-order valence-electron chi connectivity index (χ2n) is 3.75. The molecule has 0 atom stereocenters. The maximum Gasteiger partial charge on any atom is 0.243 e. The van der Waals surface area contributed by atoms with Crippen LogP contribution in [0.15, 0.2) is 24.4 Å². The van der Waals surface area contributed by atoms with E-state index in [0.717, 1.165) is 25.1 Å². The highest BCUT2D eigenvalue weighted by molar-refractivity contribution is 5.23. The summed E-state index contributed by atoms with van der Waals surface area (Å²) in [4.78, 5) is 4.23. The van der Waals surface area contributed by atoms with Crippen molar-refractivity contribution in [1.82, 2.24) is 25.2 Å². The van der Waals surface area contributed by atoms with Gasteiger partial charge in [0.25, 0.3) is 0 Å². The van der Waals surface area contributed by atoms with Crippen molar-refractivity contribution in [3.05, 3.63) is 30.1 Å². The molecule has 2 rings (SSSR count). The van der Waals surface area contributed by atoms with Gasteiger partial charge >= 0.3 is 0 Å². The van der Waals surface area contributed by atoms with Crippen LogP contribution in [0.1, 0.15) is 25.5 Å². The van der Waals surface area contributed by atoms with E-state index in [-0.39, 0.29) is 0 Å². The highest BCUT2D eigenvalue weighted by Gasteiger charge is 2.04. The number of aromatic nitrogens is 5. The van der Waals surface area contributed by atoms with Crippen molar-refractivity contribution in [1.29, 1.82) is 0 Å². The van der Waals surface area contributed by atoms with Gasteiger partial charge in [-0.05, 0) is 29.0 Å². The van der Waals surface area contributed by atoms with Crippen molar-refractivity contribution < 1.29 is 0 Å². The second-order valence-corrected chi connectivity index (χ2v) is 3.75. The van der Waals surface area contributed by atoms with E-state index in [1.54, 1.807) is 10.9 Å². The quantitative estimate of drug-likeness (QED) is 0.817. The maximum atomic E-state index is 4.23. The molecule has 2 aromatic rings. The molecule has 0 fully saturated rings. The average Bonchev–Trinajstić information content (AvgIpc) is 2.82. The molecule has 0 aliphatic carbocycles. The van der Waals surface area contributed by atoms with Crippen LogP contribution in [0.3, 0.4) is 0 Å². The fraction of sp³-hybridized carbons (Fsp3) is 0.455. The van der Waals surface area contributed by atoms with E-state index in [1.165, 1.54) is 0 Å². The molecule has 90 valence electrons. The van der Waals surface area contributed by atoms with E-state index in [2.05, 4.69) is 32.7 Å². The van der Waals surface area contributed by atoms with Crippen molar-refractivity contribution in [2.75, 3.05) is 5.32 Å². The minimum Gasteiger partial charge on any atom is -0.347 e. The normalized spacial score (nSPS) is 10.4. The largest absolute Gasteiger partial charge is 0.347 e. The molecule has 0 bridgehead atoms. The van der Waals surface area contributed by atoms with Crippen LogP contribution in [0, 0.1) is 0 Å². The van der Waals surface area contributed by atoms with E-state index >= 15 is 0 Å². The standard InChI is InChI=1S/C11H16N6/c1-2-3-8-17-11(14-15-16-17)13-9-10-6-4-5-7-12-10/h4-7H,2-3,8-9H2,1H3,(H,13,14,16). The molecule has 0 unspecified atom stereocenters. The molecule has 0 aliphatic rings. The Bertz CT molecular complexity index is 438. The van der Waals surface area contributed by atoms with Gasteiger partial charge in [0.1, 0.15) is 0 Å². The van der Waals surface area contributed by atoms with Crippen LogP contribution >= 0.6 is 0 Å². The van der Waals surface area contributed by atoms with E-state index in [9.17, 15) is 0 Å². The number of rotatable bonds is 6. The van der Waals surface area contributed by atoms with E-state index in [0.29, 0.717) is 12.5 Å². The Balaban J connectivity index is 1.92. The smallest absolute Gasteiger partial charge is 0.243 e. The first-order chi connectivity index (χ1) is 8.40. The van der Waals surface area contributed by atoms with Crippen LogP contribution in [0.25, 0.3) is 0 Å². The van der Waals surface area contributed by atoms with Gasteiger partial charge in [0.05, 0.1) is 12.2 Å². The lowest BCUT2D eigenvalue weighted by molar-refractivity contribution is 0.556. The minimum absolute atomic E-state index is 0.632. The van der Waals surface area contributed by atoms with Gasteiger partial charge in [-0.25, -0.2) is 4.68 Å². The van der Waals surface area contributed by atoms with Crippen LogP contribution in [0.4, 0.5) is 5.95 Å². The van der Waals surface area contributed by atoms with Crippen LogP contribution in [-0.4, -0.2) is 25.2 Å². The average molecular weight is 232 g/mol. The molecule has 0 spiro atoms. The number of nitrogens with zero attached hydrogens (tertiary/aromatic N) is 5. The van der Waals surface area contributed by atoms with Crippen molar-refractivity contribution in [2.24, 2.45) is 0 Å². The molecule has 0 amide bonds. The van der Waals surface area contributed by atoms with Crippen molar-refractivity contribution in [3.8, 4) is 0 Å². The van der Waals surface area contributed by atoms with Crippen LogP contribution in [0.5, 0.6) is 0 Å². The molecule has 6 heteroatoms. The first-order valence-corrected chi connectivity index (χ1v) is 5.80. The predicted octanol–water partition coefficient (Wildman–Crippen LogP) is 1.48. The summed E-state index contributed by atoms with van der Waals surface area (Å²) in [7, 11) is 0. The maximum absolute atomic E-state index is 4.23. The van der Waals surface area contributed by atoms with Crippen LogP contribution < -0.4 is 5.32 Å². The van der Waals surface area contributed by atoms with Gasteiger partial charge in [-0.1, -0.05) is 24.5 Å². The fourth-order valence-electron chi connectivity index (χ4n) is 1.46. The predicted molar refractivity (Wildman–Crippen MR) is 64.3 cm³/mol. The number of anilines is 1. The summed E-state index contributed by atoms with van der Waals surface area (Å²) < 4.78 is 1.78. The molecule has 0 aromatic carbocycles. The molecule has 2 aromatic heterocycles. The molecule has 0 saturated carbocycles. The lowest BCUT2D eigenvalue weighted by Crippen LogP contribution is -2.09. The monoisotopic (exact) mass is 232 g/mol. The number of hydrogen-bond acceptors (Lipinski definition) is 5. The number of tetrazole rings is 1. The number of pyridine rings is 1. The number of unbranched alkanes of at least 4 members (excludes halogenated alkanes) is 1. The van der Waals surface area contributed by atoms with Crippen LogP contribution in [-0.2, 0) is 13.1 Å². The third-order valence-electron chi connectivity index (χ3n) is 2.41. The number of aryl methyl sites for hydroxylation is 1. The summed E-state index contributed by atoms with van der Waals surface area (Å²) in [5.41, 5.74) is 0.970. The van der Waals surface area contributed by atoms with E-state index < -0.39 is 0 Å². The number of hydrogen-bond donors (Lipinski definition) is 1. The van der Waals surface area contributed by atoms with Gasteiger partial charge < -0.3 is 5.32 Å². The summed E-state index contributed by atoms with van der Waals surface area (Å²) in [6.07, 6.45) is 3.97. The molecule has 0 aliphatic heterocycles. The zero-order valence-corrected chi connectivity index (χ0v) is 9.87. The van der Waals surface area contributed by atoms with E-state index in [1.807, 2.05) is 18.2 Å². The number of nitrogens with one attached hydrogen (secondary N) is 1. The first-order valence-electron chi connectivity index (χ1n) is 5.80. The zero-order valence-electron chi connectivity index (χ0n) is 9.87. The molecule has 0 radical (unpaired) electrons. The SMILES string of the molecule is CCCCn1nnnc1NCc1ccccn1.